The normalized spacial score (nSPS) is 10.9. The number of carbonyl (C=O) groups is 1. The van der Waals surface area contributed by atoms with Gasteiger partial charge in [-0.05, 0) is 68.1 Å². The second kappa shape index (κ2) is 7.49. The third-order valence-electron chi connectivity index (χ3n) is 4.27. The summed E-state index contributed by atoms with van der Waals surface area (Å²) < 4.78 is 5.23. The van der Waals surface area contributed by atoms with Crippen molar-refractivity contribution >= 4 is 22.6 Å². The van der Waals surface area contributed by atoms with Crippen molar-refractivity contribution in [3.8, 4) is 0 Å². The lowest BCUT2D eigenvalue weighted by Gasteiger charge is -2.11. The Kier molecular flexibility index (Phi) is 5.14. The zero-order chi connectivity index (χ0) is 18.7. The number of hydrogen-bond acceptors (Lipinski definition) is 5. The van der Waals surface area contributed by atoms with Gasteiger partial charge < -0.3 is 15.5 Å². The molecule has 0 aliphatic carbocycles. The SMILES string of the molecule is Cc1cc2oc(=O)cc(C)c2cc1NC(=O)c1cncc(CCCN)c1. The second-order valence-corrected chi connectivity index (χ2v) is 6.34. The molecular formula is C20H21N3O3. The molecule has 6 heteroatoms. The van der Waals surface area contributed by atoms with Crippen LogP contribution in [-0.4, -0.2) is 17.4 Å². The van der Waals surface area contributed by atoms with Gasteiger partial charge in [0.1, 0.15) is 5.58 Å². The number of pyridine rings is 1. The van der Waals surface area contributed by atoms with Crippen LogP contribution in [-0.2, 0) is 6.42 Å². The average molecular weight is 351 g/mol. The van der Waals surface area contributed by atoms with Crippen LogP contribution in [0, 0.1) is 13.8 Å². The molecule has 0 atom stereocenters. The molecule has 2 heterocycles. The summed E-state index contributed by atoms with van der Waals surface area (Å²) in [6.45, 7) is 4.29. The number of nitrogens with one attached hydrogen (secondary N) is 1. The third-order valence-corrected chi connectivity index (χ3v) is 4.27. The Bertz CT molecular complexity index is 1020. The van der Waals surface area contributed by atoms with E-state index in [9.17, 15) is 9.59 Å². The van der Waals surface area contributed by atoms with Gasteiger partial charge >= 0.3 is 5.63 Å². The van der Waals surface area contributed by atoms with E-state index in [1.54, 1.807) is 18.5 Å². The minimum absolute atomic E-state index is 0.232. The van der Waals surface area contributed by atoms with E-state index in [0.717, 1.165) is 34.9 Å². The smallest absolute Gasteiger partial charge is 0.336 e. The maximum Gasteiger partial charge on any atom is 0.336 e. The second-order valence-electron chi connectivity index (χ2n) is 6.34. The van der Waals surface area contributed by atoms with Crippen LogP contribution in [0.3, 0.4) is 0 Å². The monoisotopic (exact) mass is 351 g/mol. The Morgan fingerprint density at radius 1 is 1.15 bits per heavy atom. The molecule has 134 valence electrons. The quantitative estimate of drug-likeness (QED) is 0.689. The number of amides is 1. The van der Waals surface area contributed by atoms with Gasteiger partial charge in [0.15, 0.2) is 0 Å². The predicted octanol–water partition coefficient (Wildman–Crippen LogP) is 2.95. The van der Waals surface area contributed by atoms with Crippen molar-refractivity contribution < 1.29 is 9.21 Å². The molecule has 0 aliphatic heterocycles. The van der Waals surface area contributed by atoms with Gasteiger partial charge in [-0.25, -0.2) is 4.79 Å². The largest absolute Gasteiger partial charge is 0.423 e. The highest BCUT2D eigenvalue weighted by Crippen LogP contribution is 2.25. The van der Waals surface area contributed by atoms with Gasteiger partial charge in [-0.15, -0.1) is 0 Å². The third kappa shape index (κ3) is 3.81. The summed E-state index contributed by atoms with van der Waals surface area (Å²) in [6, 6.07) is 6.86. The fourth-order valence-electron chi connectivity index (χ4n) is 2.85. The Balaban J connectivity index is 1.90. The number of aromatic nitrogens is 1. The first kappa shape index (κ1) is 17.8. The molecule has 0 bridgehead atoms. The maximum absolute atomic E-state index is 12.6. The zero-order valence-electron chi connectivity index (χ0n) is 14.8. The molecule has 6 nitrogen and oxygen atoms in total. The molecule has 26 heavy (non-hydrogen) atoms. The van der Waals surface area contributed by atoms with Gasteiger partial charge in [0.05, 0.1) is 5.56 Å². The predicted molar refractivity (Wildman–Crippen MR) is 102 cm³/mol. The Hall–Kier alpha value is -2.99. The molecule has 0 saturated carbocycles. The van der Waals surface area contributed by atoms with Gasteiger partial charge in [-0.3, -0.25) is 9.78 Å². The molecule has 0 aliphatic rings. The van der Waals surface area contributed by atoms with Crippen molar-refractivity contribution in [1.29, 1.82) is 0 Å². The van der Waals surface area contributed by atoms with Crippen molar-refractivity contribution in [2.45, 2.75) is 26.7 Å². The van der Waals surface area contributed by atoms with E-state index < -0.39 is 0 Å². The van der Waals surface area contributed by atoms with Crippen molar-refractivity contribution in [3.05, 3.63) is 69.3 Å². The standard InChI is InChI=1S/C20H21N3O3/c1-12-7-19(24)26-18-6-13(2)17(9-16(12)18)23-20(25)15-8-14(4-3-5-21)10-22-11-15/h6-11H,3-5,21H2,1-2H3,(H,23,25). The molecule has 1 aromatic carbocycles. The summed E-state index contributed by atoms with van der Waals surface area (Å²) in [6.07, 6.45) is 4.93. The van der Waals surface area contributed by atoms with Gasteiger partial charge in [-0.2, -0.15) is 0 Å². The first-order chi connectivity index (χ1) is 12.5. The Morgan fingerprint density at radius 3 is 2.73 bits per heavy atom. The summed E-state index contributed by atoms with van der Waals surface area (Å²) in [5, 5.41) is 3.71. The zero-order valence-corrected chi connectivity index (χ0v) is 14.8. The van der Waals surface area contributed by atoms with E-state index in [2.05, 4.69) is 10.3 Å². The molecule has 3 aromatic rings. The molecule has 2 aromatic heterocycles. The molecule has 1 amide bonds. The molecule has 0 fully saturated rings. The summed E-state index contributed by atoms with van der Waals surface area (Å²) >= 11 is 0. The molecule has 0 saturated heterocycles. The van der Waals surface area contributed by atoms with Crippen molar-refractivity contribution in [2.75, 3.05) is 11.9 Å². The minimum Gasteiger partial charge on any atom is -0.423 e. The van der Waals surface area contributed by atoms with E-state index in [0.29, 0.717) is 23.4 Å². The number of hydrogen-bond donors (Lipinski definition) is 2. The fraction of sp³-hybridized carbons (Fsp3) is 0.250. The highest BCUT2D eigenvalue weighted by Gasteiger charge is 2.12. The van der Waals surface area contributed by atoms with Crippen LogP contribution in [0.25, 0.3) is 11.0 Å². The number of benzene rings is 1. The van der Waals surface area contributed by atoms with Gasteiger partial charge in [-0.1, -0.05) is 0 Å². The van der Waals surface area contributed by atoms with E-state index >= 15 is 0 Å². The summed E-state index contributed by atoms with van der Waals surface area (Å²) in [5.41, 5.74) is 9.43. The number of nitrogens with zero attached hydrogens (tertiary/aromatic N) is 1. The first-order valence-corrected chi connectivity index (χ1v) is 8.48. The lowest BCUT2D eigenvalue weighted by atomic mass is 10.1. The number of fused-ring (bicyclic) bond motifs is 1. The van der Waals surface area contributed by atoms with Gasteiger partial charge in [0.25, 0.3) is 5.91 Å². The van der Waals surface area contributed by atoms with Crippen LogP contribution in [0.1, 0.15) is 33.5 Å². The van der Waals surface area contributed by atoms with E-state index in [1.807, 2.05) is 26.0 Å². The highest BCUT2D eigenvalue weighted by molar-refractivity contribution is 6.05. The topological polar surface area (TPSA) is 98.2 Å². The van der Waals surface area contributed by atoms with Crippen LogP contribution in [0.15, 0.2) is 45.9 Å². The molecule has 0 radical (unpaired) electrons. The van der Waals surface area contributed by atoms with E-state index in [1.165, 1.54) is 6.07 Å². The van der Waals surface area contributed by atoms with Crippen LogP contribution < -0.4 is 16.7 Å². The average Bonchev–Trinajstić information content (AvgIpc) is 2.61. The van der Waals surface area contributed by atoms with E-state index in [-0.39, 0.29) is 11.5 Å². The summed E-state index contributed by atoms with van der Waals surface area (Å²) in [7, 11) is 0. The lowest BCUT2D eigenvalue weighted by Crippen LogP contribution is -2.14. The van der Waals surface area contributed by atoms with Crippen LogP contribution >= 0.6 is 0 Å². The summed E-state index contributed by atoms with van der Waals surface area (Å²) in [4.78, 5) is 28.3. The number of aryl methyl sites for hydroxylation is 3. The fourth-order valence-corrected chi connectivity index (χ4v) is 2.85. The first-order valence-electron chi connectivity index (χ1n) is 8.48. The minimum atomic E-state index is -0.383. The number of rotatable bonds is 5. The lowest BCUT2D eigenvalue weighted by molar-refractivity contribution is 0.102. The van der Waals surface area contributed by atoms with Crippen LogP contribution in [0.5, 0.6) is 0 Å². The van der Waals surface area contributed by atoms with E-state index in [4.69, 9.17) is 10.2 Å². The van der Waals surface area contributed by atoms with Crippen molar-refractivity contribution in [3.63, 3.8) is 0 Å². The molecular weight excluding hydrogens is 330 g/mol. The number of carbonyl (C=O) groups excluding carboxylic acids is 1. The Morgan fingerprint density at radius 2 is 1.96 bits per heavy atom. The van der Waals surface area contributed by atoms with Crippen molar-refractivity contribution in [2.24, 2.45) is 5.73 Å². The number of anilines is 1. The van der Waals surface area contributed by atoms with Crippen LogP contribution in [0.2, 0.25) is 0 Å². The molecule has 3 N–H and O–H groups in total. The van der Waals surface area contributed by atoms with Gasteiger partial charge in [0.2, 0.25) is 0 Å². The number of nitrogens with two attached hydrogens (primary N) is 1. The van der Waals surface area contributed by atoms with Crippen LogP contribution in [0.4, 0.5) is 5.69 Å². The maximum atomic E-state index is 12.6. The molecule has 3 rings (SSSR count). The summed E-state index contributed by atoms with van der Waals surface area (Å²) in [5.74, 6) is -0.232. The molecule has 0 spiro atoms. The van der Waals surface area contributed by atoms with Gasteiger partial charge in [0, 0.05) is 29.5 Å². The highest BCUT2D eigenvalue weighted by atomic mass is 16.4. The van der Waals surface area contributed by atoms with Crippen molar-refractivity contribution in [1.82, 2.24) is 4.98 Å². The Labute approximate surface area is 151 Å². The molecule has 0 unspecified atom stereocenters.